The van der Waals surface area contributed by atoms with Gasteiger partial charge in [0.15, 0.2) is 0 Å². The van der Waals surface area contributed by atoms with Gasteiger partial charge in [-0.3, -0.25) is 0 Å². The summed E-state index contributed by atoms with van der Waals surface area (Å²) in [7, 11) is 0. The van der Waals surface area contributed by atoms with Gasteiger partial charge in [-0.1, -0.05) is 36.4 Å². The van der Waals surface area contributed by atoms with Gasteiger partial charge in [0.1, 0.15) is 11.0 Å². The molecule has 2 amide bonds. The summed E-state index contributed by atoms with van der Waals surface area (Å²) in [6.07, 6.45) is 1.25. The lowest BCUT2D eigenvalue weighted by Crippen LogP contribution is -2.46. The van der Waals surface area contributed by atoms with Gasteiger partial charge in [0.2, 0.25) is 0 Å². The number of fused-ring (bicyclic) bond motifs is 1. The monoisotopic (exact) mass is 377 g/mol. The van der Waals surface area contributed by atoms with Crippen molar-refractivity contribution in [2.75, 3.05) is 18.4 Å². The van der Waals surface area contributed by atoms with E-state index >= 15 is 0 Å². The van der Waals surface area contributed by atoms with Crippen LogP contribution in [0.1, 0.15) is 24.0 Å². The SMILES string of the molecule is Cc1ccc2nsnc2c1NC(=O)N1CCC(C#N)(c2ccccc2)CC1. The molecule has 1 aliphatic heterocycles. The van der Waals surface area contributed by atoms with Crippen LogP contribution in [0.5, 0.6) is 0 Å². The third-order valence-electron chi connectivity index (χ3n) is 5.31. The molecule has 7 heteroatoms. The number of carbonyl (C=O) groups excluding carboxylic acids is 1. The first-order valence-corrected chi connectivity index (χ1v) is 9.60. The molecule has 1 fully saturated rings. The molecular weight excluding hydrogens is 358 g/mol. The van der Waals surface area contributed by atoms with Crippen LogP contribution in [-0.4, -0.2) is 32.8 Å². The molecule has 6 nitrogen and oxygen atoms in total. The van der Waals surface area contributed by atoms with Crippen molar-refractivity contribution in [3.05, 3.63) is 53.6 Å². The summed E-state index contributed by atoms with van der Waals surface area (Å²) in [6, 6.07) is 16.1. The van der Waals surface area contributed by atoms with E-state index in [1.807, 2.05) is 49.4 Å². The first kappa shape index (κ1) is 17.4. The van der Waals surface area contributed by atoms with Crippen LogP contribution in [0.2, 0.25) is 0 Å². The minimum Gasteiger partial charge on any atom is -0.324 e. The third kappa shape index (κ3) is 3.13. The predicted octanol–water partition coefficient (Wildman–Crippen LogP) is 4.09. The number of aromatic nitrogens is 2. The van der Waals surface area contributed by atoms with Crippen molar-refractivity contribution in [3.63, 3.8) is 0 Å². The molecule has 1 aliphatic rings. The zero-order chi connectivity index (χ0) is 18.9. The highest BCUT2D eigenvalue weighted by Crippen LogP contribution is 2.35. The van der Waals surface area contributed by atoms with E-state index in [2.05, 4.69) is 20.1 Å². The number of rotatable bonds is 2. The molecule has 0 radical (unpaired) electrons. The van der Waals surface area contributed by atoms with Gasteiger partial charge >= 0.3 is 6.03 Å². The van der Waals surface area contributed by atoms with Crippen LogP contribution >= 0.6 is 11.7 Å². The number of hydrogen-bond donors (Lipinski definition) is 1. The molecule has 4 rings (SSSR count). The van der Waals surface area contributed by atoms with Crippen LogP contribution in [0.3, 0.4) is 0 Å². The van der Waals surface area contributed by atoms with Crippen molar-refractivity contribution in [1.29, 1.82) is 5.26 Å². The normalized spacial score (nSPS) is 16.1. The highest BCUT2D eigenvalue weighted by Gasteiger charge is 2.37. The molecule has 1 N–H and O–H groups in total. The number of urea groups is 1. The predicted molar refractivity (Wildman–Crippen MR) is 106 cm³/mol. The Balaban J connectivity index is 1.50. The number of aryl methyl sites for hydroxylation is 1. The smallest absolute Gasteiger partial charge is 0.321 e. The fourth-order valence-corrected chi connectivity index (χ4v) is 4.15. The molecule has 1 saturated heterocycles. The quantitative estimate of drug-likeness (QED) is 0.729. The van der Waals surface area contributed by atoms with E-state index in [-0.39, 0.29) is 6.03 Å². The Morgan fingerprint density at radius 2 is 1.93 bits per heavy atom. The Morgan fingerprint density at radius 3 is 2.63 bits per heavy atom. The molecule has 0 bridgehead atoms. The van der Waals surface area contributed by atoms with Crippen molar-refractivity contribution in [2.45, 2.75) is 25.2 Å². The van der Waals surface area contributed by atoms with Crippen molar-refractivity contribution in [3.8, 4) is 6.07 Å². The number of anilines is 1. The summed E-state index contributed by atoms with van der Waals surface area (Å²) in [5.41, 5.74) is 3.68. The fourth-order valence-electron chi connectivity index (χ4n) is 3.61. The standard InChI is InChI=1S/C20H19N5OS/c1-14-7-8-16-18(24-27-23-16)17(14)22-19(26)25-11-9-20(13-21,10-12-25)15-5-3-2-4-6-15/h2-8H,9-12H2,1H3,(H,22,26). The van der Waals surface area contributed by atoms with E-state index in [0.29, 0.717) is 31.6 Å². The Labute approximate surface area is 161 Å². The second kappa shape index (κ2) is 6.97. The number of nitriles is 1. The lowest BCUT2D eigenvalue weighted by molar-refractivity contribution is 0.183. The van der Waals surface area contributed by atoms with E-state index in [0.717, 1.165) is 33.9 Å². The van der Waals surface area contributed by atoms with E-state index in [4.69, 9.17) is 0 Å². The van der Waals surface area contributed by atoms with Gasteiger partial charge in [-0.05, 0) is 37.0 Å². The van der Waals surface area contributed by atoms with Crippen LogP contribution in [0.4, 0.5) is 10.5 Å². The molecule has 136 valence electrons. The lowest BCUT2D eigenvalue weighted by Gasteiger charge is -2.37. The number of amides is 2. The third-order valence-corrected chi connectivity index (χ3v) is 5.86. The van der Waals surface area contributed by atoms with E-state index in [1.54, 1.807) is 4.90 Å². The van der Waals surface area contributed by atoms with Crippen LogP contribution in [0.15, 0.2) is 42.5 Å². The summed E-state index contributed by atoms with van der Waals surface area (Å²) in [5.74, 6) is 0. The minimum atomic E-state index is -0.521. The number of hydrogen-bond acceptors (Lipinski definition) is 5. The summed E-state index contributed by atoms with van der Waals surface area (Å²) < 4.78 is 8.54. The molecule has 27 heavy (non-hydrogen) atoms. The van der Waals surface area contributed by atoms with Gasteiger partial charge < -0.3 is 10.2 Å². The Hall–Kier alpha value is -2.98. The average Bonchev–Trinajstić information content (AvgIpc) is 3.20. The van der Waals surface area contributed by atoms with E-state index < -0.39 is 5.41 Å². The molecule has 3 aromatic rings. The van der Waals surface area contributed by atoms with Crippen molar-refractivity contribution >= 4 is 34.5 Å². The maximum atomic E-state index is 12.8. The van der Waals surface area contributed by atoms with Gasteiger partial charge in [-0.25, -0.2) is 4.79 Å². The zero-order valence-corrected chi connectivity index (χ0v) is 15.8. The largest absolute Gasteiger partial charge is 0.324 e. The maximum Gasteiger partial charge on any atom is 0.321 e. The van der Waals surface area contributed by atoms with Gasteiger partial charge in [0.05, 0.1) is 28.9 Å². The topological polar surface area (TPSA) is 81.9 Å². The zero-order valence-electron chi connectivity index (χ0n) is 15.0. The molecule has 0 aliphatic carbocycles. The fraction of sp³-hybridized carbons (Fsp3) is 0.300. The number of nitrogens with one attached hydrogen (secondary N) is 1. The van der Waals surface area contributed by atoms with Gasteiger partial charge in [-0.15, -0.1) is 0 Å². The summed E-state index contributed by atoms with van der Waals surface area (Å²) >= 11 is 1.14. The van der Waals surface area contributed by atoms with Crippen molar-refractivity contribution < 1.29 is 4.79 Å². The number of piperidine rings is 1. The van der Waals surface area contributed by atoms with Crippen molar-refractivity contribution in [2.24, 2.45) is 0 Å². The van der Waals surface area contributed by atoms with Gasteiger partial charge in [0.25, 0.3) is 0 Å². The van der Waals surface area contributed by atoms with E-state index in [9.17, 15) is 10.1 Å². The average molecular weight is 377 g/mol. The maximum absolute atomic E-state index is 12.8. The highest BCUT2D eigenvalue weighted by molar-refractivity contribution is 7.00. The Bertz CT molecular complexity index is 1020. The molecule has 2 aromatic carbocycles. The molecular formula is C20H19N5OS. The second-order valence-corrected chi connectivity index (χ2v) is 7.40. The summed E-state index contributed by atoms with van der Waals surface area (Å²) in [4.78, 5) is 14.6. The minimum absolute atomic E-state index is 0.154. The van der Waals surface area contributed by atoms with E-state index in [1.165, 1.54) is 0 Å². The molecule has 0 saturated carbocycles. The van der Waals surface area contributed by atoms with Gasteiger partial charge in [-0.2, -0.15) is 14.0 Å². The molecule has 0 unspecified atom stereocenters. The van der Waals surface area contributed by atoms with Gasteiger partial charge in [0, 0.05) is 13.1 Å². The van der Waals surface area contributed by atoms with Crippen LogP contribution in [0.25, 0.3) is 11.0 Å². The number of benzene rings is 2. The first-order valence-electron chi connectivity index (χ1n) is 8.87. The number of likely N-dealkylation sites (tertiary alicyclic amines) is 1. The summed E-state index contributed by atoms with van der Waals surface area (Å²) in [6.45, 7) is 3.03. The van der Waals surface area contributed by atoms with Crippen molar-refractivity contribution in [1.82, 2.24) is 13.6 Å². The lowest BCUT2D eigenvalue weighted by atomic mass is 9.74. The molecule has 1 aromatic heterocycles. The Morgan fingerprint density at radius 1 is 1.19 bits per heavy atom. The second-order valence-electron chi connectivity index (χ2n) is 6.87. The first-order chi connectivity index (χ1) is 13.1. The highest BCUT2D eigenvalue weighted by atomic mass is 32.1. The van der Waals surface area contributed by atoms with Crippen LogP contribution in [-0.2, 0) is 5.41 Å². The molecule has 2 heterocycles. The summed E-state index contributed by atoms with van der Waals surface area (Å²) in [5, 5.41) is 12.8. The van der Waals surface area contributed by atoms with Crippen LogP contribution < -0.4 is 5.32 Å². The molecule has 0 atom stereocenters. The Kier molecular flexibility index (Phi) is 4.50. The molecule has 0 spiro atoms. The number of carbonyl (C=O) groups is 1. The number of nitrogens with zero attached hydrogens (tertiary/aromatic N) is 4. The van der Waals surface area contributed by atoms with Crippen LogP contribution in [0, 0.1) is 18.3 Å².